The van der Waals surface area contributed by atoms with Gasteiger partial charge in [0, 0.05) is 24.5 Å². The number of aromatic nitrogens is 1. The van der Waals surface area contributed by atoms with Gasteiger partial charge in [0.05, 0.1) is 0 Å². The molecule has 2 amide bonds. The summed E-state index contributed by atoms with van der Waals surface area (Å²) >= 11 is 0. The second-order valence-electron chi connectivity index (χ2n) is 5.85. The summed E-state index contributed by atoms with van der Waals surface area (Å²) in [5.41, 5.74) is 7.25. The Morgan fingerprint density at radius 1 is 1.00 bits per heavy atom. The Balaban J connectivity index is 1.55. The van der Waals surface area contributed by atoms with Crippen LogP contribution in [0.2, 0.25) is 0 Å². The fraction of sp³-hybridized carbons (Fsp3) is 0.0952. The number of amides is 2. The molecule has 0 saturated heterocycles. The van der Waals surface area contributed by atoms with Gasteiger partial charge < -0.3 is 15.8 Å². The van der Waals surface area contributed by atoms with E-state index in [1.807, 2.05) is 30.3 Å². The number of carbonyl (C=O) groups is 2. The van der Waals surface area contributed by atoms with Gasteiger partial charge in [0.25, 0.3) is 11.8 Å². The second kappa shape index (κ2) is 8.62. The Morgan fingerprint density at radius 2 is 1.74 bits per heavy atom. The van der Waals surface area contributed by atoms with Crippen LogP contribution in [0.3, 0.4) is 0 Å². The monoisotopic (exact) mass is 361 g/mol. The fourth-order valence-electron chi connectivity index (χ4n) is 2.52. The summed E-state index contributed by atoms with van der Waals surface area (Å²) in [6.45, 7) is 0.532. The van der Waals surface area contributed by atoms with E-state index in [2.05, 4.69) is 10.3 Å². The summed E-state index contributed by atoms with van der Waals surface area (Å²) in [5.74, 6) is 0.261. The van der Waals surface area contributed by atoms with Crippen molar-refractivity contribution in [2.45, 2.75) is 6.42 Å². The molecule has 6 heteroatoms. The molecule has 3 rings (SSSR count). The zero-order valence-corrected chi connectivity index (χ0v) is 14.6. The molecule has 27 heavy (non-hydrogen) atoms. The summed E-state index contributed by atoms with van der Waals surface area (Å²) in [7, 11) is 0. The first-order valence-electron chi connectivity index (χ1n) is 8.47. The van der Waals surface area contributed by atoms with Gasteiger partial charge in [0.15, 0.2) is 0 Å². The molecule has 1 aromatic heterocycles. The maximum absolute atomic E-state index is 12.0. The van der Waals surface area contributed by atoms with Crippen LogP contribution in [0.4, 0.5) is 0 Å². The molecule has 3 N–H and O–H groups in total. The van der Waals surface area contributed by atoms with E-state index >= 15 is 0 Å². The fourth-order valence-corrected chi connectivity index (χ4v) is 2.52. The molecule has 0 saturated carbocycles. The van der Waals surface area contributed by atoms with Gasteiger partial charge in [-0.25, -0.2) is 0 Å². The summed E-state index contributed by atoms with van der Waals surface area (Å²) in [4.78, 5) is 27.3. The lowest BCUT2D eigenvalue weighted by Gasteiger charge is -2.09. The molecule has 6 nitrogen and oxygen atoms in total. The Morgan fingerprint density at radius 3 is 2.44 bits per heavy atom. The SMILES string of the molecule is NC(=O)c1cnccc1Oc1ccc(CCNC(=O)c2ccccc2)cc1. The molecule has 0 aliphatic heterocycles. The standard InChI is InChI=1S/C21H19N3O3/c22-20(25)18-14-23-12-11-19(18)27-17-8-6-15(7-9-17)10-13-24-21(26)16-4-2-1-3-5-16/h1-9,11-12,14H,10,13H2,(H2,22,25)(H,24,26). The summed E-state index contributed by atoms with van der Waals surface area (Å²) in [6.07, 6.45) is 3.60. The molecule has 0 bridgehead atoms. The predicted octanol–water partition coefficient (Wildman–Crippen LogP) is 2.95. The minimum Gasteiger partial charge on any atom is -0.456 e. The van der Waals surface area contributed by atoms with Crippen molar-refractivity contribution in [3.05, 3.63) is 89.7 Å². The number of carbonyl (C=O) groups excluding carboxylic acids is 2. The molecule has 0 aliphatic rings. The highest BCUT2D eigenvalue weighted by molar-refractivity contribution is 5.95. The van der Waals surface area contributed by atoms with E-state index in [-0.39, 0.29) is 11.5 Å². The highest BCUT2D eigenvalue weighted by Crippen LogP contribution is 2.24. The maximum Gasteiger partial charge on any atom is 0.254 e. The first-order chi connectivity index (χ1) is 13.1. The lowest BCUT2D eigenvalue weighted by Crippen LogP contribution is -2.25. The van der Waals surface area contributed by atoms with Crippen LogP contribution in [0, 0.1) is 0 Å². The predicted molar refractivity (Wildman–Crippen MR) is 102 cm³/mol. The van der Waals surface area contributed by atoms with Gasteiger partial charge in [-0.3, -0.25) is 14.6 Å². The number of rotatable bonds is 7. The smallest absolute Gasteiger partial charge is 0.254 e. The molecule has 0 fully saturated rings. The van der Waals surface area contributed by atoms with Gasteiger partial charge in [-0.2, -0.15) is 0 Å². The van der Waals surface area contributed by atoms with E-state index in [1.165, 1.54) is 12.4 Å². The minimum absolute atomic E-state index is 0.0905. The van der Waals surface area contributed by atoms with Crippen molar-refractivity contribution >= 4 is 11.8 Å². The van der Waals surface area contributed by atoms with E-state index in [9.17, 15) is 9.59 Å². The highest BCUT2D eigenvalue weighted by Gasteiger charge is 2.10. The van der Waals surface area contributed by atoms with Crippen LogP contribution in [0.5, 0.6) is 11.5 Å². The molecular weight excluding hydrogens is 342 g/mol. The van der Waals surface area contributed by atoms with Crippen LogP contribution in [-0.4, -0.2) is 23.3 Å². The molecule has 0 radical (unpaired) electrons. The van der Waals surface area contributed by atoms with E-state index in [0.717, 1.165) is 5.56 Å². The molecule has 0 unspecified atom stereocenters. The molecule has 136 valence electrons. The Kier molecular flexibility index (Phi) is 5.79. The van der Waals surface area contributed by atoms with E-state index in [4.69, 9.17) is 10.5 Å². The number of primary amides is 1. The van der Waals surface area contributed by atoms with Gasteiger partial charge in [-0.1, -0.05) is 30.3 Å². The van der Waals surface area contributed by atoms with Crippen LogP contribution >= 0.6 is 0 Å². The number of nitrogens with zero attached hydrogens (tertiary/aromatic N) is 1. The molecule has 3 aromatic rings. The quantitative estimate of drug-likeness (QED) is 0.676. The van der Waals surface area contributed by atoms with Gasteiger partial charge in [0.1, 0.15) is 17.1 Å². The van der Waals surface area contributed by atoms with Crippen molar-refractivity contribution < 1.29 is 14.3 Å². The number of hydrogen-bond acceptors (Lipinski definition) is 4. The van der Waals surface area contributed by atoms with Gasteiger partial charge in [-0.05, 0) is 42.3 Å². The van der Waals surface area contributed by atoms with Crippen molar-refractivity contribution in [3.63, 3.8) is 0 Å². The molecule has 2 aromatic carbocycles. The lowest BCUT2D eigenvalue weighted by atomic mass is 10.1. The lowest BCUT2D eigenvalue weighted by molar-refractivity contribution is 0.0952. The average molecular weight is 361 g/mol. The first-order valence-corrected chi connectivity index (χ1v) is 8.47. The Labute approximate surface area is 157 Å². The Hall–Kier alpha value is -3.67. The summed E-state index contributed by atoms with van der Waals surface area (Å²) in [6, 6.07) is 18.1. The van der Waals surface area contributed by atoms with Crippen molar-refractivity contribution in [1.82, 2.24) is 10.3 Å². The van der Waals surface area contributed by atoms with Crippen molar-refractivity contribution in [2.24, 2.45) is 5.73 Å². The van der Waals surface area contributed by atoms with Crippen molar-refractivity contribution in [1.29, 1.82) is 0 Å². The van der Waals surface area contributed by atoms with Crippen LogP contribution in [0.15, 0.2) is 73.1 Å². The molecular formula is C21H19N3O3. The van der Waals surface area contributed by atoms with Gasteiger partial charge in [0.2, 0.25) is 0 Å². The normalized spacial score (nSPS) is 10.2. The molecule has 0 aliphatic carbocycles. The third-order valence-corrected chi connectivity index (χ3v) is 3.93. The topological polar surface area (TPSA) is 94.3 Å². The third kappa shape index (κ3) is 4.92. The van der Waals surface area contributed by atoms with E-state index < -0.39 is 5.91 Å². The number of ether oxygens (including phenoxy) is 1. The molecule has 0 spiro atoms. The highest BCUT2D eigenvalue weighted by atomic mass is 16.5. The average Bonchev–Trinajstić information content (AvgIpc) is 2.70. The Bertz CT molecular complexity index is 925. The van der Waals surface area contributed by atoms with Crippen LogP contribution in [0.25, 0.3) is 0 Å². The molecule has 0 atom stereocenters. The maximum atomic E-state index is 12.0. The van der Waals surface area contributed by atoms with Gasteiger partial charge in [-0.15, -0.1) is 0 Å². The van der Waals surface area contributed by atoms with E-state index in [1.54, 1.807) is 30.3 Å². The zero-order valence-electron chi connectivity index (χ0n) is 14.6. The van der Waals surface area contributed by atoms with Crippen LogP contribution in [-0.2, 0) is 6.42 Å². The van der Waals surface area contributed by atoms with Gasteiger partial charge >= 0.3 is 0 Å². The zero-order chi connectivity index (χ0) is 19.1. The number of benzene rings is 2. The number of pyridine rings is 1. The largest absolute Gasteiger partial charge is 0.456 e. The number of nitrogens with two attached hydrogens (primary N) is 1. The number of nitrogens with one attached hydrogen (secondary N) is 1. The van der Waals surface area contributed by atoms with Crippen LogP contribution < -0.4 is 15.8 Å². The summed E-state index contributed by atoms with van der Waals surface area (Å²) < 4.78 is 5.72. The van der Waals surface area contributed by atoms with Crippen molar-refractivity contribution in [3.8, 4) is 11.5 Å². The van der Waals surface area contributed by atoms with Crippen molar-refractivity contribution in [2.75, 3.05) is 6.54 Å². The summed E-state index contributed by atoms with van der Waals surface area (Å²) in [5, 5.41) is 2.89. The van der Waals surface area contributed by atoms with Crippen LogP contribution in [0.1, 0.15) is 26.3 Å². The first kappa shape index (κ1) is 18.1. The third-order valence-electron chi connectivity index (χ3n) is 3.93. The minimum atomic E-state index is -0.594. The van der Waals surface area contributed by atoms with E-state index in [0.29, 0.717) is 30.0 Å². The molecule has 1 heterocycles. The second-order valence-corrected chi connectivity index (χ2v) is 5.85. The number of hydrogen-bond donors (Lipinski definition) is 2.